The maximum Gasteiger partial charge on any atom is 0.339 e. The van der Waals surface area contributed by atoms with Crippen molar-refractivity contribution in [2.24, 2.45) is 0 Å². The minimum atomic E-state index is -0.749. The first-order chi connectivity index (χ1) is 14.1. The first kappa shape index (κ1) is 18.5. The van der Waals surface area contributed by atoms with Gasteiger partial charge in [0.15, 0.2) is 18.1 Å². The monoisotopic (exact) mass is 394 g/mol. The molecular formula is C21H18N2O6. The van der Waals surface area contributed by atoms with Crippen LogP contribution in [0.1, 0.15) is 16.8 Å². The van der Waals surface area contributed by atoms with Gasteiger partial charge < -0.3 is 24.5 Å². The second-order valence-corrected chi connectivity index (χ2v) is 6.43. The van der Waals surface area contributed by atoms with Gasteiger partial charge in [-0.2, -0.15) is 0 Å². The summed E-state index contributed by atoms with van der Waals surface area (Å²) in [6.45, 7) is 0.617. The molecule has 1 aliphatic rings. The topological polar surface area (TPSA) is 107 Å². The van der Waals surface area contributed by atoms with Crippen LogP contribution in [0, 0.1) is 0 Å². The van der Waals surface area contributed by atoms with E-state index in [4.69, 9.17) is 14.2 Å². The van der Waals surface area contributed by atoms with Crippen LogP contribution in [0.3, 0.4) is 0 Å². The van der Waals surface area contributed by atoms with E-state index in [1.165, 1.54) is 0 Å². The highest BCUT2D eigenvalue weighted by atomic mass is 16.5. The van der Waals surface area contributed by atoms with Crippen molar-refractivity contribution >= 4 is 28.5 Å². The molecular weight excluding hydrogens is 376 g/mol. The Morgan fingerprint density at radius 2 is 1.83 bits per heavy atom. The summed E-state index contributed by atoms with van der Waals surface area (Å²) in [4.78, 5) is 39.0. The van der Waals surface area contributed by atoms with E-state index in [9.17, 15) is 14.4 Å². The minimum absolute atomic E-state index is 0.104. The number of aromatic nitrogens is 1. The standard InChI is InChI=1S/C21H18N2O6/c24-19-11-15(14-4-1-2-5-16(14)23-19)21(26)29-12-20(25)22-13-6-7-17-18(10-13)28-9-3-8-27-17/h1-2,4-7,10-11H,3,8-9,12H2,(H,22,25)(H,23,24). The maximum absolute atomic E-state index is 12.4. The molecule has 0 fully saturated rings. The summed E-state index contributed by atoms with van der Waals surface area (Å²) in [5.74, 6) is -0.0940. The van der Waals surface area contributed by atoms with Gasteiger partial charge in [-0.1, -0.05) is 18.2 Å². The summed E-state index contributed by atoms with van der Waals surface area (Å²) in [5, 5.41) is 3.19. The van der Waals surface area contributed by atoms with E-state index in [1.807, 2.05) is 0 Å². The van der Waals surface area contributed by atoms with Gasteiger partial charge in [0.25, 0.3) is 5.91 Å². The number of pyridine rings is 1. The molecule has 0 bridgehead atoms. The number of carbonyl (C=O) groups excluding carboxylic acids is 2. The van der Waals surface area contributed by atoms with Crippen molar-refractivity contribution in [2.75, 3.05) is 25.1 Å². The molecule has 8 heteroatoms. The molecule has 8 nitrogen and oxygen atoms in total. The molecule has 2 aromatic carbocycles. The van der Waals surface area contributed by atoms with Gasteiger partial charge in [-0.15, -0.1) is 0 Å². The highest BCUT2D eigenvalue weighted by Crippen LogP contribution is 2.32. The number of benzene rings is 2. The van der Waals surface area contributed by atoms with Gasteiger partial charge in [-0.3, -0.25) is 9.59 Å². The summed E-state index contributed by atoms with van der Waals surface area (Å²) in [6, 6.07) is 13.1. The van der Waals surface area contributed by atoms with Crippen LogP contribution in [0.2, 0.25) is 0 Å². The van der Waals surface area contributed by atoms with Gasteiger partial charge >= 0.3 is 5.97 Å². The zero-order valence-electron chi connectivity index (χ0n) is 15.4. The average molecular weight is 394 g/mol. The summed E-state index contributed by atoms with van der Waals surface area (Å²) < 4.78 is 16.2. The number of para-hydroxylation sites is 1. The van der Waals surface area contributed by atoms with Crippen molar-refractivity contribution in [1.29, 1.82) is 0 Å². The fraction of sp³-hybridized carbons (Fsp3) is 0.190. The zero-order valence-corrected chi connectivity index (χ0v) is 15.4. The molecule has 1 amide bonds. The molecule has 2 N–H and O–H groups in total. The number of fused-ring (bicyclic) bond motifs is 2. The van der Waals surface area contributed by atoms with Gasteiger partial charge in [-0.25, -0.2) is 4.79 Å². The lowest BCUT2D eigenvalue weighted by Gasteiger charge is -2.11. The van der Waals surface area contributed by atoms with E-state index >= 15 is 0 Å². The van der Waals surface area contributed by atoms with Gasteiger partial charge in [0, 0.05) is 35.1 Å². The third-order valence-electron chi connectivity index (χ3n) is 4.34. The number of ether oxygens (including phenoxy) is 3. The number of H-pyrrole nitrogens is 1. The molecule has 0 aliphatic carbocycles. The molecule has 3 aromatic rings. The number of anilines is 1. The Hall–Kier alpha value is -3.81. The largest absolute Gasteiger partial charge is 0.490 e. The number of esters is 1. The summed E-state index contributed by atoms with van der Waals surface area (Å²) in [6.07, 6.45) is 0.781. The van der Waals surface area contributed by atoms with Crippen molar-refractivity contribution in [1.82, 2.24) is 4.98 Å². The van der Waals surface area contributed by atoms with Gasteiger partial charge in [0.1, 0.15) is 0 Å². The van der Waals surface area contributed by atoms with Gasteiger partial charge in [0.2, 0.25) is 5.56 Å². The number of nitrogens with one attached hydrogen (secondary N) is 2. The van der Waals surface area contributed by atoms with Crippen LogP contribution in [0.15, 0.2) is 53.3 Å². The van der Waals surface area contributed by atoms with Crippen LogP contribution in [0.4, 0.5) is 5.69 Å². The van der Waals surface area contributed by atoms with Crippen LogP contribution in [0.5, 0.6) is 11.5 Å². The number of hydrogen-bond donors (Lipinski definition) is 2. The Morgan fingerprint density at radius 3 is 2.69 bits per heavy atom. The molecule has 0 saturated heterocycles. The molecule has 0 spiro atoms. The number of amides is 1. The lowest BCUT2D eigenvalue weighted by Crippen LogP contribution is -2.22. The van der Waals surface area contributed by atoms with Gasteiger partial charge in [-0.05, 0) is 18.2 Å². The molecule has 0 saturated carbocycles. The molecule has 0 unspecified atom stereocenters. The number of rotatable bonds is 4. The normalized spacial score (nSPS) is 12.8. The Balaban J connectivity index is 1.42. The molecule has 0 radical (unpaired) electrons. The van der Waals surface area contributed by atoms with E-state index in [0.717, 1.165) is 12.5 Å². The third-order valence-corrected chi connectivity index (χ3v) is 4.34. The Labute approximate surface area is 165 Å². The number of carbonyl (C=O) groups is 2. The lowest BCUT2D eigenvalue weighted by molar-refractivity contribution is -0.119. The van der Waals surface area contributed by atoms with Crippen molar-refractivity contribution in [3.63, 3.8) is 0 Å². The molecule has 4 rings (SSSR count). The van der Waals surface area contributed by atoms with Crippen LogP contribution in [-0.2, 0) is 9.53 Å². The van der Waals surface area contributed by atoms with Crippen LogP contribution >= 0.6 is 0 Å². The zero-order chi connectivity index (χ0) is 20.2. The molecule has 1 aromatic heterocycles. The van der Waals surface area contributed by atoms with Gasteiger partial charge in [0.05, 0.1) is 18.8 Å². The van der Waals surface area contributed by atoms with Crippen LogP contribution in [0.25, 0.3) is 10.9 Å². The second kappa shape index (κ2) is 8.05. The minimum Gasteiger partial charge on any atom is -0.490 e. The van der Waals surface area contributed by atoms with E-state index < -0.39 is 24.0 Å². The first-order valence-corrected chi connectivity index (χ1v) is 9.09. The van der Waals surface area contributed by atoms with Crippen molar-refractivity contribution in [3.8, 4) is 11.5 Å². The molecule has 29 heavy (non-hydrogen) atoms. The predicted molar refractivity (Wildman–Crippen MR) is 106 cm³/mol. The van der Waals surface area contributed by atoms with Crippen molar-refractivity contribution < 1.29 is 23.8 Å². The van der Waals surface area contributed by atoms with E-state index in [0.29, 0.717) is 41.3 Å². The third kappa shape index (κ3) is 4.21. The Kier molecular flexibility index (Phi) is 5.15. The van der Waals surface area contributed by atoms with Crippen molar-refractivity contribution in [3.05, 3.63) is 64.4 Å². The lowest BCUT2D eigenvalue weighted by atomic mass is 10.1. The van der Waals surface area contributed by atoms with Crippen LogP contribution < -0.4 is 20.3 Å². The SMILES string of the molecule is O=C(COC(=O)c1cc(=O)[nH]c2ccccc12)Nc1ccc2c(c1)OCCCO2. The summed E-state index contributed by atoms with van der Waals surface area (Å²) in [7, 11) is 0. The fourth-order valence-corrected chi connectivity index (χ4v) is 3.02. The highest BCUT2D eigenvalue weighted by molar-refractivity contribution is 6.04. The van der Waals surface area contributed by atoms with Crippen molar-refractivity contribution in [2.45, 2.75) is 6.42 Å². The first-order valence-electron chi connectivity index (χ1n) is 9.09. The fourth-order valence-electron chi connectivity index (χ4n) is 3.02. The molecule has 148 valence electrons. The van der Waals surface area contributed by atoms with E-state index in [-0.39, 0.29) is 5.56 Å². The smallest absolute Gasteiger partial charge is 0.339 e. The Bertz CT molecular complexity index is 1140. The number of hydrogen-bond acceptors (Lipinski definition) is 6. The molecule has 0 atom stereocenters. The van der Waals surface area contributed by atoms with E-state index in [1.54, 1.807) is 42.5 Å². The molecule has 1 aliphatic heterocycles. The van der Waals surface area contributed by atoms with Crippen LogP contribution in [-0.4, -0.2) is 36.7 Å². The Morgan fingerprint density at radius 1 is 1.03 bits per heavy atom. The summed E-state index contributed by atoms with van der Waals surface area (Å²) in [5.41, 5.74) is 0.695. The van der Waals surface area contributed by atoms with E-state index in [2.05, 4.69) is 10.3 Å². The highest BCUT2D eigenvalue weighted by Gasteiger charge is 2.16. The predicted octanol–water partition coefficient (Wildman–Crippen LogP) is 2.48. The number of aromatic amines is 1. The quantitative estimate of drug-likeness (QED) is 0.659. The second-order valence-electron chi connectivity index (χ2n) is 6.43. The average Bonchev–Trinajstić information content (AvgIpc) is 2.96. The molecule has 2 heterocycles. The summed E-state index contributed by atoms with van der Waals surface area (Å²) >= 11 is 0. The maximum atomic E-state index is 12.4.